The van der Waals surface area contributed by atoms with Gasteiger partial charge in [-0.1, -0.05) is 23.8 Å². The van der Waals surface area contributed by atoms with E-state index >= 15 is 0 Å². The molecule has 1 aliphatic rings. The number of benzene rings is 1. The minimum absolute atomic E-state index is 0.0353. The van der Waals surface area contributed by atoms with Crippen molar-refractivity contribution >= 4 is 11.7 Å². The van der Waals surface area contributed by atoms with Gasteiger partial charge in [0.25, 0.3) is 0 Å². The Bertz CT molecular complexity index is 597. The van der Waals surface area contributed by atoms with E-state index in [4.69, 9.17) is 0 Å². The molecule has 0 saturated carbocycles. The fourth-order valence-electron chi connectivity index (χ4n) is 3.42. The molecule has 1 atom stereocenters. The highest BCUT2D eigenvalue weighted by molar-refractivity contribution is 5.99. The van der Waals surface area contributed by atoms with Gasteiger partial charge in [0.05, 0.1) is 12.1 Å². The Labute approximate surface area is 139 Å². The lowest BCUT2D eigenvalue weighted by Gasteiger charge is -2.43. The van der Waals surface area contributed by atoms with Crippen LogP contribution in [0.25, 0.3) is 0 Å². The molecule has 0 radical (unpaired) electrons. The van der Waals surface area contributed by atoms with Gasteiger partial charge in [0.2, 0.25) is 5.91 Å². The summed E-state index contributed by atoms with van der Waals surface area (Å²) in [6.45, 7) is 9.61. The van der Waals surface area contributed by atoms with E-state index in [0.717, 1.165) is 42.5 Å². The fraction of sp³-hybridized carbons (Fsp3) is 0.579. The summed E-state index contributed by atoms with van der Waals surface area (Å²) in [6, 6.07) is 5.91. The van der Waals surface area contributed by atoms with E-state index in [1.807, 2.05) is 45.9 Å². The van der Waals surface area contributed by atoms with Gasteiger partial charge in [-0.2, -0.15) is 0 Å². The van der Waals surface area contributed by atoms with E-state index in [0.29, 0.717) is 13.1 Å². The number of piperidine rings is 1. The monoisotopic (exact) mass is 316 g/mol. The molecule has 4 nitrogen and oxygen atoms in total. The molecule has 0 aromatic heterocycles. The van der Waals surface area contributed by atoms with E-state index in [-0.39, 0.29) is 11.7 Å². The zero-order valence-electron chi connectivity index (χ0n) is 14.7. The first-order valence-electron chi connectivity index (χ1n) is 8.52. The molecule has 0 bridgehead atoms. The number of nitrogens with one attached hydrogen (secondary N) is 1. The highest BCUT2D eigenvalue weighted by atomic mass is 16.2. The molecule has 1 amide bonds. The second-order valence-electron chi connectivity index (χ2n) is 6.75. The van der Waals surface area contributed by atoms with Gasteiger partial charge < -0.3 is 5.32 Å². The number of hydrogen-bond acceptors (Lipinski definition) is 3. The summed E-state index contributed by atoms with van der Waals surface area (Å²) in [5.41, 5.74) is 2.35. The van der Waals surface area contributed by atoms with Gasteiger partial charge in [-0.05, 0) is 59.1 Å². The molecule has 1 fully saturated rings. The highest BCUT2D eigenvalue weighted by Crippen LogP contribution is 2.28. The summed E-state index contributed by atoms with van der Waals surface area (Å²) in [5, 5.41) is 2.93. The first kappa shape index (κ1) is 17.7. The first-order valence-corrected chi connectivity index (χ1v) is 8.52. The largest absolute Gasteiger partial charge is 0.355 e. The predicted molar refractivity (Wildman–Crippen MR) is 92.8 cm³/mol. The normalized spacial score (nSPS) is 21.9. The molecule has 1 heterocycles. The second kappa shape index (κ2) is 7.26. The molecular formula is C19H28N2O2. The third-order valence-electron chi connectivity index (χ3n) is 4.88. The van der Waals surface area contributed by atoms with Crippen molar-refractivity contribution < 1.29 is 9.59 Å². The molecule has 23 heavy (non-hydrogen) atoms. The van der Waals surface area contributed by atoms with Crippen LogP contribution in [-0.2, 0) is 4.79 Å². The van der Waals surface area contributed by atoms with Crippen LogP contribution in [0.3, 0.4) is 0 Å². The van der Waals surface area contributed by atoms with E-state index in [1.165, 1.54) is 0 Å². The second-order valence-corrected chi connectivity index (χ2v) is 6.75. The van der Waals surface area contributed by atoms with Crippen molar-refractivity contribution in [1.29, 1.82) is 0 Å². The lowest BCUT2D eigenvalue weighted by atomic mass is 9.86. The Morgan fingerprint density at radius 2 is 2.00 bits per heavy atom. The quantitative estimate of drug-likeness (QED) is 0.850. The van der Waals surface area contributed by atoms with E-state index in [1.54, 1.807) is 0 Å². The minimum Gasteiger partial charge on any atom is -0.355 e. The summed E-state index contributed by atoms with van der Waals surface area (Å²) >= 11 is 0. The number of hydrogen-bond donors (Lipinski definition) is 1. The van der Waals surface area contributed by atoms with Crippen molar-refractivity contribution in [2.45, 2.75) is 52.5 Å². The van der Waals surface area contributed by atoms with Crippen LogP contribution in [0.1, 0.15) is 54.6 Å². The Morgan fingerprint density at radius 3 is 2.65 bits per heavy atom. The average Bonchev–Trinajstić information content (AvgIpc) is 2.49. The molecule has 126 valence electrons. The van der Waals surface area contributed by atoms with E-state index in [2.05, 4.69) is 10.2 Å². The molecule has 1 N–H and O–H groups in total. The van der Waals surface area contributed by atoms with Gasteiger partial charge in [-0.25, -0.2) is 0 Å². The highest BCUT2D eigenvalue weighted by Gasteiger charge is 2.41. The van der Waals surface area contributed by atoms with E-state index < -0.39 is 5.54 Å². The van der Waals surface area contributed by atoms with Gasteiger partial charge in [-0.15, -0.1) is 0 Å². The van der Waals surface area contributed by atoms with Crippen LogP contribution in [0.4, 0.5) is 0 Å². The van der Waals surface area contributed by atoms with Crippen molar-refractivity contribution in [2.24, 2.45) is 0 Å². The van der Waals surface area contributed by atoms with E-state index in [9.17, 15) is 9.59 Å². The average molecular weight is 316 g/mol. The Hall–Kier alpha value is -1.68. The lowest BCUT2D eigenvalue weighted by molar-refractivity contribution is -0.134. The van der Waals surface area contributed by atoms with Crippen LogP contribution >= 0.6 is 0 Å². The fourth-order valence-corrected chi connectivity index (χ4v) is 3.42. The maximum atomic E-state index is 12.7. The van der Waals surface area contributed by atoms with Gasteiger partial charge in [0, 0.05) is 12.1 Å². The molecule has 1 aromatic rings. The molecule has 1 aliphatic heterocycles. The van der Waals surface area contributed by atoms with Gasteiger partial charge in [0.15, 0.2) is 5.78 Å². The number of carbonyl (C=O) groups is 2. The lowest BCUT2D eigenvalue weighted by Crippen LogP contribution is -2.60. The standard InChI is InChI=1S/C19H28N2O2/c1-5-20-18(23)19(4)10-6-7-11-21(19)13-17(22)16-9-8-14(2)12-15(16)3/h8-9,12H,5-7,10-11,13H2,1-4H3,(H,20,23). The molecule has 1 saturated heterocycles. The van der Waals surface area contributed by atoms with Crippen molar-refractivity contribution in [2.75, 3.05) is 19.6 Å². The molecule has 4 heteroatoms. The number of carbonyl (C=O) groups excluding carboxylic acids is 2. The molecule has 2 rings (SSSR count). The maximum absolute atomic E-state index is 12.7. The summed E-state index contributed by atoms with van der Waals surface area (Å²) < 4.78 is 0. The topological polar surface area (TPSA) is 49.4 Å². The Balaban J connectivity index is 2.18. The number of ketones is 1. The summed E-state index contributed by atoms with van der Waals surface area (Å²) in [5.74, 6) is 0.132. The third-order valence-corrected chi connectivity index (χ3v) is 4.88. The minimum atomic E-state index is -0.581. The number of rotatable bonds is 5. The molecule has 0 spiro atoms. The molecule has 1 unspecified atom stereocenters. The van der Waals surface area contributed by atoms with Crippen molar-refractivity contribution in [3.8, 4) is 0 Å². The molecular weight excluding hydrogens is 288 g/mol. The Kier molecular flexibility index (Phi) is 5.58. The molecule has 0 aliphatic carbocycles. The number of aryl methyl sites for hydroxylation is 2. The van der Waals surface area contributed by atoms with Gasteiger partial charge in [-0.3, -0.25) is 14.5 Å². The third kappa shape index (κ3) is 3.81. The summed E-state index contributed by atoms with van der Waals surface area (Å²) in [7, 11) is 0. The zero-order valence-corrected chi connectivity index (χ0v) is 14.7. The maximum Gasteiger partial charge on any atom is 0.240 e. The number of likely N-dealkylation sites (N-methyl/N-ethyl adjacent to an activating group) is 1. The number of Topliss-reactive ketones (excluding diaryl/α,β-unsaturated/α-hetero) is 1. The SMILES string of the molecule is CCNC(=O)C1(C)CCCCN1CC(=O)c1ccc(C)cc1C. The van der Waals surface area contributed by atoms with Gasteiger partial charge in [0.1, 0.15) is 0 Å². The van der Waals surface area contributed by atoms with Crippen molar-refractivity contribution in [1.82, 2.24) is 10.2 Å². The first-order chi connectivity index (χ1) is 10.9. The smallest absolute Gasteiger partial charge is 0.240 e. The Morgan fingerprint density at radius 1 is 1.26 bits per heavy atom. The predicted octanol–water partition coefficient (Wildman–Crippen LogP) is 2.87. The number of amides is 1. The number of nitrogens with zero attached hydrogens (tertiary/aromatic N) is 1. The molecule has 1 aromatic carbocycles. The van der Waals surface area contributed by atoms with Crippen molar-refractivity contribution in [3.05, 3.63) is 34.9 Å². The van der Waals surface area contributed by atoms with Crippen LogP contribution in [-0.4, -0.2) is 41.8 Å². The van der Waals surface area contributed by atoms with Gasteiger partial charge >= 0.3 is 0 Å². The van der Waals surface area contributed by atoms with Crippen LogP contribution in [0.5, 0.6) is 0 Å². The van der Waals surface area contributed by atoms with Crippen LogP contribution < -0.4 is 5.32 Å². The zero-order chi connectivity index (χ0) is 17.0. The number of likely N-dealkylation sites (tertiary alicyclic amines) is 1. The summed E-state index contributed by atoms with van der Waals surface area (Å²) in [4.78, 5) is 27.3. The van der Waals surface area contributed by atoms with Crippen LogP contribution in [0, 0.1) is 13.8 Å². The van der Waals surface area contributed by atoms with Crippen LogP contribution in [0.2, 0.25) is 0 Å². The van der Waals surface area contributed by atoms with Crippen molar-refractivity contribution in [3.63, 3.8) is 0 Å². The summed E-state index contributed by atoms with van der Waals surface area (Å²) in [6.07, 6.45) is 2.87. The van der Waals surface area contributed by atoms with Crippen LogP contribution in [0.15, 0.2) is 18.2 Å².